The molecule has 1 aliphatic carbocycles. The fraction of sp³-hybridized carbons (Fsp3) is 0.524. The summed E-state index contributed by atoms with van der Waals surface area (Å²) in [7, 11) is -3.44. The lowest BCUT2D eigenvalue weighted by Gasteiger charge is -2.30. The molecule has 1 aliphatic heterocycles. The van der Waals surface area contributed by atoms with Crippen LogP contribution in [0.3, 0.4) is 0 Å². The Hall–Kier alpha value is -1.77. The van der Waals surface area contributed by atoms with Crippen LogP contribution in [0.2, 0.25) is 0 Å². The molecule has 1 saturated carbocycles. The molecule has 2 aromatic rings. The molecule has 1 saturated heterocycles. The topological polar surface area (TPSA) is 71.7 Å². The second-order valence-electron chi connectivity index (χ2n) is 7.80. The molecule has 6 nitrogen and oxygen atoms in total. The average Bonchev–Trinajstić information content (AvgIpc) is 3.30. The van der Waals surface area contributed by atoms with Crippen molar-refractivity contribution in [3.63, 3.8) is 0 Å². The molecule has 0 spiro atoms. The van der Waals surface area contributed by atoms with E-state index < -0.39 is 10.0 Å². The highest BCUT2D eigenvalue weighted by atomic mass is 32.2. The first-order valence-electron chi connectivity index (χ1n) is 10.3. The summed E-state index contributed by atoms with van der Waals surface area (Å²) < 4.78 is 28.9. The van der Waals surface area contributed by atoms with E-state index >= 15 is 0 Å². The molecule has 0 radical (unpaired) electrons. The number of rotatable bonds is 4. The zero-order valence-electron chi connectivity index (χ0n) is 16.4. The van der Waals surface area contributed by atoms with Crippen LogP contribution in [0.25, 0.3) is 0 Å². The van der Waals surface area contributed by atoms with Gasteiger partial charge < -0.3 is 0 Å². The first-order chi connectivity index (χ1) is 14.1. The van der Waals surface area contributed by atoms with Gasteiger partial charge >= 0.3 is 0 Å². The van der Waals surface area contributed by atoms with E-state index in [1.165, 1.54) is 34.9 Å². The van der Waals surface area contributed by atoms with Gasteiger partial charge in [-0.25, -0.2) is 8.42 Å². The number of nitrogens with zero attached hydrogens (tertiary/aromatic N) is 3. The monoisotopic (exact) mass is 433 g/mol. The van der Waals surface area contributed by atoms with E-state index in [9.17, 15) is 13.2 Å². The molecule has 3 heterocycles. The molecule has 0 amide bonds. The molecule has 29 heavy (non-hydrogen) atoms. The van der Waals surface area contributed by atoms with Crippen LogP contribution >= 0.6 is 11.3 Å². The molecular formula is C21H27N3O3S2. The van der Waals surface area contributed by atoms with Gasteiger partial charge in [0.2, 0.25) is 5.91 Å². The van der Waals surface area contributed by atoms with Crippen LogP contribution < -0.4 is 5.49 Å². The van der Waals surface area contributed by atoms with Crippen LogP contribution in [0, 0.1) is 5.92 Å². The molecule has 4 rings (SSSR count). The third kappa shape index (κ3) is 4.54. The molecule has 2 aliphatic rings. The molecule has 0 N–H and O–H groups in total. The maximum Gasteiger partial charge on any atom is 0.252 e. The standard InChI is InChI=1S/C21H27N3O3S2/c25-21(24-13-5-4-9-19(24)22-18-7-2-1-3-8-18)17-11-14-23(15-12-17)29(26,27)20-10-6-16-28-20/h4-6,9-10,13,16-18H,1-3,7-8,11-12,14-15H2. The van der Waals surface area contributed by atoms with Gasteiger partial charge in [0.15, 0.2) is 0 Å². The van der Waals surface area contributed by atoms with Crippen molar-refractivity contribution in [2.24, 2.45) is 10.9 Å². The third-order valence-electron chi connectivity index (χ3n) is 5.86. The van der Waals surface area contributed by atoms with Crippen molar-refractivity contribution in [1.29, 1.82) is 0 Å². The lowest BCUT2D eigenvalue weighted by atomic mass is 9.96. The Bertz CT molecular complexity index is 998. The number of aromatic nitrogens is 1. The predicted molar refractivity (Wildman–Crippen MR) is 113 cm³/mol. The first-order valence-corrected chi connectivity index (χ1v) is 12.7. The maximum atomic E-state index is 13.2. The highest BCUT2D eigenvalue weighted by Gasteiger charge is 2.33. The van der Waals surface area contributed by atoms with Crippen molar-refractivity contribution in [2.45, 2.75) is 55.2 Å². The summed E-state index contributed by atoms with van der Waals surface area (Å²) in [5, 5.41) is 1.77. The second kappa shape index (κ2) is 8.93. The van der Waals surface area contributed by atoms with E-state index in [-0.39, 0.29) is 11.8 Å². The fourth-order valence-electron chi connectivity index (χ4n) is 4.20. The SMILES string of the molecule is O=C(C1CCN(S(=O)(=O)c2cccs2)CC1)n1ccccc1=NC1CCCCC1. The summed E-state index contributed by atoms with van der Waals surface area (Å²) in [6.45, 7) is 0.748. The summed E-state index contributed by atoms with van der Waals surface area (Å²) in [4.78, 5) is 18.0. The minimum absolute atomic E-state index is 0.0216. The van der Waals surface area contributed by atoms with Gasteiger partial charge in [-0.3, -0.25) is 14.4 Å². The van der Waals surface area contributed by atoms with Gasteiger partial charge in [-0.05, 0) is 49.3 Å². The van der Waals surface area contributed by atoms with Crippen LogP contribution in [0.4, 0.5) is 0 Å². The minimum atomic E-state index is -3.44. The van der Waals surface area contributed by atoms with Crippen LogP contribution in [-0.2, 0) is 10.0 Å². The van der Waals surface area contributed by atoms with Crippen LogP contribution in [0.1, 0.15) is 49.7 Å². The van der Waals surface area contributed by atoms with E-state index in [2.05, 4.69) is 0 Å². The van der Waals surface area contributed by atoms with Crippen LogP contribution in [-0.4, -0.2) is 42.3 Å². The van der Waals surface area contributed by atoms with Gasteiger partial charge in [-0.1, -0.05) is 31.4 Å². The quantitative estimate of drug-likeness (QED) is 0.741. The molecule has 156 valence electrons. The van der Waals surface area contributed by atoms with Gasteiger partial charge in [-0.2, -0.15) is 4.31 Å². The van der Waals surface area contributed by atoms with Gasteiger partial charge in [0.05, 0.1) is 6.04 Å². The van der Waals surface area contributed by atoms with Gasteiger partial charge in [-0.15, -0.1) is 11.3 Å². The van der Waals surface area contributed by atoms with Crippen molar-refractivity contribution in [2.75, 3.05) is 13.1 Å². The highest BCUT2D eigenvalue weighted by Crippen LogP contribution is 2.27. The zero-order chi connectivity index (χ0) is 20.3. The van der Waals surface area contributed by atoms with E-state index in [0.717, 1.165) is 18.3 Å². The Morgan fingerprint density at radius 1 is 1.00 bits per heavy atom. The Balaban J connectivity index is 1.47. The van der Waals surface area contributed by atoms with Gasteiger partial charge in [0.1, 0.15) is 9.70 Å². The normalized spacial score (nSPS) is 20.8. The highest BCUT2D eigenvalue weighted by molar-refractivity contribution is 7.91. The van der Waals surface area contributed by atoms with E-state index in [1.807, 2.05) is 18.2 Å². The Morgan fingerprint density at radius 3 is 2.45 bits per heavy atom. The summed E-state index contributed by atoms with van der Waals surface area (Å²) in [5.41, 5.74) is 0.720. The number of pyridine rings is 1. The van der Waals surface area contributed by atoms with Crippen molar-refractivity contribution in [3.8, 4) is 0 Å². The smallest absolute Gasteiger partial charge is 0.252 e. The lowest BCUT2D eigenvalue weighted by Crippen LogP contribution is -2.42. The largest absolute Gasteiger partial charge is 0.274 e. The molecule has 8 heteroatoms. The number of sulfonamides is 1. The molecule has 0 aromatic carbocycles. The summed E-state index contributed by atoms with van der Waals surface area (Å²) in [5.74, 6) is -0.161. The number of thiophene rings is 1. The first kappa shape index (κ1) is 20.5. The summed E-state index contributed by atoms with van der Waals surface area (Å²) in [6.07, 6.45) is 8.70. The molecule has 2 fully saturated rings. The van der Waals surface area contributed by atoms with Crippen LogP contribution in [0.5, 0.6) is 0 Å². The number of carbonyl (C=O) groups excluding carboxylic acids is 1. The minimum Gasteiger partial charge on any atom is -0.274 e. The van der Waals surface area contributed by atoms with E-state index in [4.69, 9.17) is 4.99 Å². The van der Waals surface area contributed by atoms with Crippen LogP contribution in [0.15, 0.2) is 51.1 Å². The van der Waals surface area contributed by atoms with Gasteiger partial charge in [0, 0.05) is 25.2 Å². The predicted octanol–water partition coefficient (Wildman–Crippen LogP) is 3.52. The maximum absolute atomic E-state index is 13.2. The Morgan fingerprint density at radius 2 is 1.76 bits per heavy atom. The van der Waals surface area contributed by atoms with E-state index in [1.54, 1.807) is 28.3 Å². The summed E-state index contributed by atoms with van der Waals surface area (Å²) >= 11 is 1.23. The number of hydrogen-bond acceptors (Lipinski definition) is 5. The average molecular weight is 434 g/mol. The zero-order valence-corrected chi connectivity index (χ0v) is 18.1. The van der Waals surface area contributed by atoms with Gasteiger partial charge in [0.25, 0.3) is 10.0 Å². The Labute approximate surface area is 176 Å². The molecule has 0 atom stereocenters. The van der Waals surface area contributed by atoms with Crippen molar-refractivity contribution in [3.05, 3.63) is 47.4 Å². The molecule has 0 bridgehead atoms. The third-order valence-corrected chi connectivity index (χ3v) is 9.13. The molecular weight excluding hydrogens is 406 g/mol. The number of piperidine rings is 1. The van der Waals surface area contributed by atoms with E-state index in [0.29, 0.717) is 36.2 Å². The lowest BCUT2D eigenvalue weighted by molar-refractivity contribution is 0.0780. The second-order valence-corrected chi connectivity index (χ2v) is 10.9. The summed E-state index contributed by atoms with van der Waals surface area (Å²) in [6, 6.07) is 9.36. The van der Waals surface area contributed by atoms with Crippen molar-refractivity contribution < 1.29 is 13.2 Å². The molecule has 0 unspecified atom stereocenters. The fourth-order valence-corrected chi connectivity index (χ4v) is 6.81. The number of carbonyl (C=O) groups is 1. The molecule has 2 aromatic heterocycles. The Kier molecular flexibility index (Phi) is 6.32. The number of hydrogen-bond donors (Lipinski definition) is 0. The van der Waals surface area contributed by atoms with Crippen molar-refractivity contribution >= 4 is 27.3 Å². The van der Waals surface area contributed by atoms with Crippen molar-refractivity contribution in [1.82, 2.24) is 8.87 Å².